The van der Waals surface area contributed by atoms with Gasteiger partial charge in [0.2, 0.25) is 5.91 Å². The van der Waals surface area contributed by atoms with E-state index >= 15 is 0 Å². The number of hydrogen-bond acceptors (Lipinski definition) is 2. The summed E-state index contributed by atoms with van der Waals surface area (Å²) in [7, 11) is 0. The number of aromatic carboxylic acids is 1. The molecule has 1 aromatic rings. The van der Waals surface area contributed by atoms with Gasteiger partial charge >= 0.3 is 5.97 Å². The van der Waals surface area contributed by atoms with Crippen LogP contribution in [0, 0.1) is 5.92 Å². The number of carbonyl (C=O) groups is 2. The highest BCUT2D eigenvalue weighted by molar-refractivity contribution is 5.87. The fourth-order valence-electron chi connectivity index (χ4n) is 2.95. The van der Waals surface area contributed by atoms with Gasteiger partial charge < -0.3 is 10.4 Å². The van der Waals surface area contributed by atoms with Crippen LogP contribution in [-0.4, -0.2) is 29.2 Å². The van der Waals surface area contributed by atoms with E-state index in [9.17, 15) is 14.0 Å². The fourth-order valence-corrected chi connectivity index (χ4v) is 2.95. The van der Waals surface area contributed by atoms with Crippen molar-refractivity contribution in [2.75, 3.05) is 0 Å². The van der Waals surface area contributed by atoms with Crippen LogP contribution in [0.3, 0.4) is 0 Å². The highest BCUT2D eigenvalue weighted by Crippen LogP contribution is 2.28. The van der Waals surface area contributed by atoms with Crippen LogP contribution < -0.4 is 5.32 Å². The number of carbonyl (C=O) groups excluding carboxylic acids is 1. The zero-order valence-corrected chi connectivity index (χ0v) is 12.7. The molecule has 0 saturated heterocycles. The van der Waals surface area contributed by atoms with E-state index in [-0.39, 0.29) is 23.9 Å². The number of carboxylic acid groups (broad SMARTS) is 1. The number of alkyl halides is 1. The van der Waals surface area contributed by atoms with Gasteiger partial charge in [-0.25, -0.2) is 9.18 Å². The maximum Gasteiger partial charge on any atom is 0.335 e. The third kappa shape index (κ3) is 4.55. The van der Waals surface area contributed by atoms with E-state index in [2.05, 4.69) is 5.32 Å². The van der Waals surface area contributed by atoms with Gasteiger partial charge in [0.15, 0.2) is 0 Å². The first-order chi connectivity index (χ1) is 10.5. The lowest BCUT2D eigenvalue weighted by Gasteiger charge is -2.29. The molecule has 22 heavy (non-hydrogen) atoms. The number of rotatable bonds is 5. The molecule has 0 bridgehead atoms. The molecule has 5 heteroatoms. The first kappa shape index (κ1) is 16.5. The summed E-state index contributed by atoms with van der Waals surface area (Å²) in [5.74, 6) is -0.726. The maximum absolute atomic E-state index is 13.1. The van der Waals surface area contributed by atoms with E-state index in [0.717, 1.165) is 18.4 Å². The van der Waals surface area contributed by atoms with Crippen molar-refractivity contribution in [2.24, 2.45) is 5.92 Å². The Labute approximate surface area is 129 Å². The first-order valence-electron chi connectivity index (χ1n) is 7.71. The Bertz CT molecular complexity index is 521. The molecular formula is C17H22FNO3. The van der Waals surface area contributed by atoms with Gasteiger partial charge in [-0.1, -0.05) is 12.1 Å². The third-order valence-electron chi connectivity index (χ3n) is 4.36. The van der Waals surface area contributed by atoms with Crippen molar-refractivity contribution in [3.63, 3.8) is 0 Å². The third-order valence-corrected chi connectivity index (χ3v) is 4.36. The van der Waals surface area contributed by atoms with Gasteiger partial charge in [-0.05, 0) is 56.2 Å². The summed E-state index contributed by atoms with van der Waals surface area (Å²) in [5.41, 5.74) is 0.989. The molecule has 0 aromatic heterocycles. The van der Waals surface area contributed by atoms with Gasteiger partial charge in [0, 0.05) is 6.04 Å². The van der Waals surface area contributed by atoms with Crippen molar-refractivity contribution in [2.45, 2.75) is 51.2 Å². The van der Waals surface area contributed by atoms with Crippen LogP contribution in [0.4, 0.5) is 4.39 Å². The molecule has 1 atom stereocenters. The Morgan fingerprint density at radius 3 is 2.36 bits per heavy atom. The lowest BCUT2D eigenvalue weighted by molar-refractivity contribution is -0.121. The maximum atomic E-state index is 13.1. The van der Waals surface area contributed by atoms with Crippen LogP contribution in [0.25, 0.3) is 0 Å². The molecule has 0 aliphatic heterocycles. The Morgan fingerprint density at radius 2 is 1.82 bits per heavy atom. The number of carboxylic acids is 1. The number of benzene rings is 1. The van der Waals surface area contributed by atoms with Crippen molar-refractivity contribution in [1.29, 1.82) is 0 Å². The number of nitrogens with one attached hydrogen (secondary N) is 1. The summed E-state index contributed by atoms with van der Waals surface area (Å²) in [4.78, 5) is 22.8. The highest BCUT2D eigenvalue weighted by Gasteiger charge is 2.25. The summed E-state index contributed by atoms with van der Waals surface area (Å²) in [6.45, 7) is 1.97. The number of hydrogen-bond donors (Lipinski definition) is 2. The summed E-state index contributed by atoms with van der Waals surface area (Å²) in [5, 5.41) is 11.8. The van der Waals surface area contributed by atoms with Crippen LogP contribution >= 0.6 is 0 Å². The predicted octanol–water partition coefficient (Wildman–Crippen LogP) is 2.96. The minimum atomic E-state index is -0.979. The molecule has 0 heterocycles. The monoisotopic (exact) mass is 307 g/mol. The largest absolute Gasteiger partial charge is 0.478 e. The van der Waals surface area contributed by atoms with E-state index in [1.807, 2.05) is 6.92 Å². The molecule has 1 aliphatic rings. The molecule has 2 rings (SSSR count). The van der Waals surface area contributed by atoms with E-state index in [0.29, 0.717) is 18.8 Å². The Hall–Kier alpha value is -1.91. The average molecular weight is 307 g/mol. The molecule has 1 aromatic carbocycles. The van der Waals surface area contributed by atoms with Gasteiger partial charge in [0.05, 0.1) is 12.0 Å². The molecule has 0 radical (unpaired) electrons. The van der Waals surface area contributed by atoms with Crippen molar-refractivity contribution in [1.82, 2.24) is 5.32 Å². The first-order valence-corrected chi connectivity index (χ1v) is 7.71. The van der Waals surface area contributed by atoms with Gasteiger partial charge in [-0.15, -0.1) is 0 Å². The zero-order chi connectivity index (χ0) is 16.1. The standard InChI is InChI=1S/C17H22FNO3/c1-11(13-6-8-15(18)9-7-13)19-16(20)10-12-2-4-14(5-3-12)17(21)22/h2-5,11,13,15H,6-10H2,1H3,(H,19,20)(H,21,22). The van der Waals surface area contributed by atoms with Crippen molar-refractivity contribution >= 4 is 11.9 Å². The van der Waals surface area contributed by atoms with Crippen LogP contribution in [-0.2, 0) is 11.2 Å². The van der Waals surface area contributed by atoms with Crippen molar-refractivity contribution in [3.8, 4) is 0 Å². The lowest BCUT2D eigenvalue weighted by Crippen LogP contribution is -2.40. The second-order valence-corrected chi connectivity index (χ2v) is 6.05. The number of halogens is 1. The molecule has 4 nitrogen and oxygen atoms in total. The lowest BCUT2D eigenvalue weighted by atomic mass is 9.83. The SMILES string of the molecule is CC(NC(=O)Cc1ccc(C(=O)O)cc1)C1CCC(F)CC1. The minimum absolute atomic E-state index is 0.0401. The van der Waals surface area contributed by atoms with Gasteiger partial charge in [-0.3, -0.25) is 4.79 Å². The zero-order valence-electron chi connectivity index (χ0n) is 12.7. The minimum Gasteiger partial charge on any atom is -0.478 e. The molecule has 1 fully saturated rings. The van der Waals surface area contributed by atoms with E-state index in [1.54, 1.807) is 12.1 Å². The molecule has 1 saturated carbocycles. The molecular weight excluding hydrogens is 285 g/mol. The Morgan fingerprint density at radius 1 is 1.23 bits per heavy atom. The summed E-state index contributed by atoms with van der Waals surface area (Å²) in [6, 6.07) is 6.34. The van der Waals surface area contributed by atoms with Gasteiger partial charge in [0.25, 0.3) is 0 Å². The summed E-state index contributed by atoms with van der Waals surface area (Å²) < 4.78 is 13.1. The number of amides is 1. The average Bonchev–Trinajstić information content (AvgIpc) is 2.48. The van der Waals surface area contributed by atoms with Crippen LogP contribution in [0.15, 0.2) is 24.3 Å². The van der Waals surface area contributed by atoms with Crippen LogP contribution in [0.5, 0.6) is 0 Å². The van der Waals surface area contributed by atoms with Gasteiger partial charge in [0.1, 0.15) is 6.17 Å². The second-order valence-electron chi connectivity index (χ2n) is 6.05. The van der Waals surface area contributed by atoms with E-state index < -0.39 is 12.1 Å². The van der Waals surface area contributed by atoms with Gasteiger partial charge in [-0.2, -0.15) is 0 Å². The molecule has 0 spiro atoms. The van der Waals surface area contributed by atoms with E-state index in [4.69, 9.17) is 5.11 Å². The molecule has 1 aliphatic carbocycles. The quantitative estimate of drug-likeness (QED) is 0.879. The molecule has 2 N–H and O–H groups in total. The summed E-state index contributed by atoms with van der Waals surface area (Å²) >= 11 is 0. The van der Waals surface area contributed by atoms with Crippen molar-refractivity contribution < 1.29 is 19.1 Å². The predicted molar refractivity (Wildman–Crippen MR) is 81.6 cm³/mol. The second kappa shape index (κ2) is 7.38. The van der Waals surface area contributed by atoms with E-state index in [1.165, 1.54) is 12.1 Å². The Kier molecular flexibility index (Phi) is 5.52. The van der Waals surface area contributed by atoms with Crippen LogP contribution in [0.1, 0.15) is 48.5 Å². The normalized spacial score (nSPS) is 22.8. The fraction of sp³-hybridized carbons (Fsp3) is 0.529. The smallest absolute Gasteiger partial charge is 0.335 e. The molecule has 120 valence electrons. The summed E-state index contributed by atoms with van der Waals surface area (Å²) in [6.07, 6.45) is 2.34. The topological polar surface area (TPSA) is 66.4 Å². The highest BCUT2D eigenvalue weighted by atomic mass is 19.1. The van der Waals surface area contributed by atoms with Crippen molar-refractivity contribution in [3.05, 3.63) is 35.4 Å². The molecule has 1 unspecified atom stereocenters. The van der Waals surface area contributed by atoms with Crippen LogP contribution in [0.2, 0.25) is 0 Å². The molecule has 1 amide bonds. The Balaban J connectivity index is 1.83.